The van der Waals surface area contributed by atoms with Gasteiger partial charge in [-0.3, -0.25) is 19.2 Å². The van der Waals surface area contributed by atoms with Gasteiger partial charge < -0.3 is 27.4 Å². The number of nitrogens with one attached hydrogen (secondary N) is 3. The summed E-state index contributed by atoms with van der Waals surface area (Å²) in [4.78, 5) is 52.1. The van der Waals surface area contributed by atoms with Crippen LogP contribution in [0.5, 0.6) is 0 Å². The minimum absolute atomic E-state index is 0.0942. The number of halogens is 2. The van der Waals surface area contributed by atoms with Crippen molar-refractivity contribution in [3.63, 3.8) is 0 Å². The largest absolute Gasteiger partial charge is 0.368 e. The fourth-order valence-corrected chi connectivity index (χ4v) is 10.7. The number of rotatable bonds is 34. The van der Waals surface area contributed by atoms with Crippen LogP contribution in [-0.2, 0) is 39.2 Å². The highest BCUT2D eigenvalue weighted by Crippen LogP contribution is 2.23. The van der Waals surface area contributed by atoms with Crippen molar-refractivity contribution in [2.45, 2.75) is 158 Å². The number of nitrogens with two attached hydrogens (primary N) is 2. The molecule has 2 aromatic rings. The molecule has 0 aliphatic carbocycles. The molecule has 2 rings (SSSR count). The van der Waals surface area contributed by atoms with Crippen LogP contribution in [0.3, 0.4) is 0 Å². The van der Waals surface area contributed by atoms with E-state index in [0.29, 0.717) is 47.6 Å². The summed E-state index contributed by atoms with van der Waals surface area (Å²) >= 11 is 6.58. The fraction of sp³-hybridized carbons (Fsp3) is 0.636. The van der Waals surface area contributed by atoms with E-state index in [-0.39, 0.29) is 41.9 Å². The number of amides is 4. The number of nitrogens with zero attached hydrogens (tertiary/aromatic N) is 2. The van der Waals surface area contributed by atoms with Crippen molar-refractivity contribution in [1.29, 1.82) is 0 Å². The van der Waals surface area contributed by atoms with E-state index in [1.54, 1.807) is 12.1 Å². The Bertz CT molecular complexity index is 1910. The maximum atomic E-state index is 14.1. The molecule has 0 aliphatic heterocycles. The number of benzene rings is 2. The Kier molecular flexibility index (Phi) is 27.0. The van der Waals surface area contributed by atoms with Gasteiger partial charge in [0.25, 0.3) is 0 Å². The molecule has 3 atom stereocenters. The van der Waals surface area contributed by atoms with Crippen molar-refractivity contribution < 1.29 is 36.0 Å². The zero-order valence-corrected chi connectivity index (χ0v) is 42.1. The van der Waals surface area contributed by atoms with Crippen LogP contribution in [0.25, 0.3) is 0 Å². The molecule has 19 heteroatoms. The number of sulfonamides is 2. The Morgan fingerprint density at radius 3 is 1.44 bits per heavy atom. The first kappa shape index (κ1) is 56.2. The van der Waals surface area contributed by atoms with Crippen molar-refractivity contribution in [3.05, 3.63) is 57.5 Å². The molecule has 0 spiro atoms. The van der Waals surface area contributed by atoms with Crippen LogP contribution in [0.2, 0.25) is 0 Å². The summed E-state index contributed by atoms with van der Waals surface area (Å²) in [7, 11) is -8.57. The van der Waals surface area contributed by atoms with Gasteiger partial charge in [0, 0.05) is 41.5 Å². The highest BCUT2D eigenvalue weighted by Gasteiger charge is 2.35. The summed E-state index contributed by atoms with van der Waals surface area (Å²) in [6.45, 7) is 4.21. The molecular formula is C44H71Br2N7O8S2. The van der Waals surface area contributed by atoms with Crippen molar-refractivity contribution >= 4 is 75.5 Å². The van der Waals surface area contributed by atoms with Crippen molar-refractivity contribution in [1.82, 2.24) is 24.6 Å². The quantitative estimate of drug-likeness (QED) is 0.0482. The van der Waals surface area contributed by atoms with E-state index in [1.165, 1.54) is 108 Å². The number of carbonyl (C=O) groups is 4. The first-order chi connectivity index (χ1) is 30.0. The zero-order chi connectivity index (χ0) is 46.8. The van der Waals surface area contributed by atoms with Crippen LogP contribution in [0.4, 0.5) is 0 Å². The lowest BCUT2D eigenvalue weighted by Gasteiger charge is -2.29. The molecule has 0 fully saturated rings. The number of primary amides is 1. The monoisotopic (exact) mass is 1050 g/mol. The van der Waals surface area contributed by atoms with Gasteiger partial charge in [0.2, 0.25) is 43.7 Å². The molecule has 356 valence electrons. The SMILES string of the molecule is CCCCCCCCCCCCCCCC(=O)N[C@@H](CCCCN)C(=O)NCCN([C@@H](C)C(=O)NCCN([C@@H](C)C(N)=O)S(=O)(=O)c1ccc(Br)cc1)S(=O)(=O)c1ccc(Br)cc1. The number of unbranched alkanes of at least 4 members (excludes halogenated alkanes) is 13. The third-order valence-electron chi connectivity index (χ3n) is 10.9. The molecule has 0 aromatic heterocycles. The molecule has 0 radical (unpaired) electrons. The lowest BCUT2D eigenvalue weighted by atomic mass is 10.0. The smallest absolute Gasteiger partial charge is 0.243 e. The second-order valence-electron chi connectivity index (χ2n) is 15.9. The van der Waals surface area contributed by atoms with Gasteiger partial charge in [-0.15, -0.1) is 0 Å². The van der Waals surface area contributed by atoms with Gasteiger partial charge in [-0.1, -0.05) is 116 Å². The summed E-state index contributed by atoms with van der Waals surface area (Å²) in [6, 6.07) is 8.19. The van der Waals surface area contributed by atoms with Crippen LogP contribution in [0.1, 0.15) is 130 Å². The molecule has 7 N–H and O–H groups in total. The van der Waals surface area contributed by atoms with Gasteiger partial charge in [0.1, 0.15) is 18.1 Å². The lowest BCUT2D eigenvalue weighted by Crippen LogP contribution is -2.53. The molecular weight excluding hydrogens is 978 g/mol. The Labute approximate surface area is 393 Å². The Hall–Kier alpha value is -2.94. The maximum absolute atomic E-state index is 14.1. The van der Waals surface area contributed by atoms with Crippen LogP contribution >= 0.6 is 31.9 Å². The standard InChI is InChI=1S/C44H71Br2N7O8S2/c1-4-5-6-7-8-9-10-11-12-13-14-15-16-20-41(54)51-40(19-17-18-29-47)44(57)50-31-33-53(63(60,61)39-27-23-37(46)24-28-39)35(3)43(56)49-30-32-52(34(2)42(48)55)62(58,59)38-25-21-36(45)22-26-38/h21-28,34-35,40H,4-20,29-33,47H2,1-3H3,(H2,48,55)(H,49,56)(H,50,57)(H,51,54)/t34-,35-,40-/m0/s1. The molecule has 15 nitrogen and oxygen atoms in total. The topological polar surface area (TPSA) is 231 Å². The van der Waals surface area contributed by atoms with E-state index in [1.807, 2.05) is 0 Å². The molecule has 0 aliphatic rings. The molecule has 0 heterocycles. The Balaban J connectivity index is 2.06. The van der Waals surface area contributed by atoms with Gasteiger partial charge in [-0.25, -0.2) is 16.8 Å². The van der Waals surface area contributed by atoms with E-state index in [2.05, 4.69) is 54.7 Å². The number of hydrogen-bond donors (Lipinski definition) is 5. The maximum Gasteiger partial charge on any atom is 0.243 e. The summed E-state index contributed by atoms with van der Waals surface area (Å²) in [5.41, 5.74) is 11.2. The predicted molar refractivity (Wildman–Crippen MR) is 255 cm³/mol. The Morgan fingerprint density at radius 2 is 1.02 bits per heavy atom. The van der Waals surface area contributed by atoms with Gasteiger partial charge in [0.05, 0.1) is 9.79 Å². The second kappa shape index (κ2) is 30.3. The molecule has 0 unspecified atom stereocenters. The fourth-order valence-electron chi connectivity index (χ4n) is 6.98. The molecule has 0 saturated heterocycles. The molecule has 63 heavy (non-hydrogen) atoms. The summed E-state index contributed by atoms with van der Waals surface area (Å²) in [5, 5.41) is 8.22. The molecule has 0 bridgehead atoms. The zero-order valence-electron chi connectivity index (χ0n) is 37.3. The number of hydrogen-bond acceptors (Lipinski definition) is 9. The van der Waals surface area contributed by atoms with Gasteiger partial charge >= 0.3 is 0 Å². The summed E-state index contributed by atoms with van der Waals surface area (Å²) < 4.78 is 58.3. The predicted octanol–water partition coefficient (Wildman–Crippen LogP) is 6.48. The van der Waals surface area contributed by atoms with Crippen LogP contribution in [-0.4, -0.2) is 99.9 Å². The van der Waals surface area contributed by atoms with Gasteiger partial charge in [0.15, 0.2) is 0 Å². The third kappa shape index (κ3) is 20.4. The average molecular weight is 1050 g/mol. The van der Waals surface area contributed by atoms with Crippen LogP contribution in [0.15, 0.2) is 67.3 Å². The van der Waals surface area contributed by atoms with Crippen LogP contribution in [0, 0.1) is 0 Å². The highest BCUT2D eigenvalue weighted by molar-refractivity contribution is 9.10. The van der Waals surface area contributed by atoms with Crippen LogP contribution < -0.4 is 27.4 Å². The molecule has 4 amide bonds. The Morgan fingerprint density at radius 1 is 0.603 bits per heavy atom. The van der Waals surface area contributed by atoms with Crippen molar-refractivity contribution in [2.24, 2.45) is 11.5 Å². The second-order valence-corrected chi connectivity index (χ2v) is 21.5. The lowest BCUT2D eigenvalue weighted by molar-refractivity contribution is -0.129. The van der Waals surface area contributed by atoms with E-state index in [0.717, 1.165) is 27.9 Å². The average Bonchev–Trinajstić information content (AvgIpc) is 3.24. The molecule has 2 aromatic carbocycles. The third-order valence-corrected chi connectivity index (χ3v) is 15.9. The van der Waals surface area contributed by atoms with Crippen molar-refractivity contribution in [3.8, 4) is 0 Å². The first-order valence-corrected chi connectivity index (χ1v) is 26.8. The molecule has 0 saturated carbocycles. The number of carbonyl (C=O) groups excluding carboxylic acids is 4. The summed E-state index contributed by atoms with van der Waals surface area (Å²) in [6.07, 6.45) is 17.3. The summed E-state index contributed by atoms with van der Waals surface area (Å²) in [5.74, 6) is -2.38. The van der Waals surface area contributed by atoms with Crippen molar-refractivity contribution in [2.75, 3.05) is 32.7 Å². The van der Waals surface area contributed by atoms with E-state index < -0.39 is 55.9 Å². The van der Waals surface area contributed by atoms with Gasteiger partial charge in [-0.2, -0.15) is 8.61 Å². The van der Waals surface area contributed by atoms with E-state index >= 15 is 0 Å². The van der Waals surface area contributed by atoms with E-state index in [4.69, 9.17) is 11.5 Å². The normalized spacial score (nSPS) is 13.4. The minimum atomic E-state index is -4.33. The first-order valence-electron chi connectivity index (χ1n) is 22.4. The highest BCUT2D eigenvalue weighted by atomic mass is 79.9. The minimum Gasteiger partial charge on any atom is -0.368 e. The van der Waals surface area contributed by atoms with Gasteiger partial charge in [-0.05, 0) is 94.6 Å². The van der Waals surface area contributed by atoms with E-state index in [9.17, 15) is 36.0 Å².